The molecule has 0 spiro atoms. The van der Waals surface area contributed by atoms with Crippen LogP contribution in [0, 0.1) is 6.92 Å². The number of ether oxygens (including phenoxy) is 2. The lowest BCUT2D eigenvalue weighted by Gasteiger charge is -2.15. The zero-order chi connectivity index (χ0) is 18.4. The Kier molecular flexibility index (Phi) is 5.54. The second kappa shape index (κ2) is 8.21. The predicted octanol–water partition coefficient (Wildman–Crippen LogP) is 4.85. The summed E-state index contributed by atoms with van der Waals surface area (Å²) in [5.74, 6) is -0.454. The maximum Gasteiger partial charge on any atom is 0.343 e. The number of carbonyl (C=O) groups is 1. The number of aryl methyl sites for hydroxylation is 1. The minimum Gasteiger partial charge on any atom is -0.488 e. The molecule has 0 aliphatic heterocycles. The minimum atomic E-state index is -1.07. The molecule has 0 saturated carbocycles. The van der Waals surface area contributed by atoms with E-state index >= 15 is 0 Å². The first-order valence-corrected chi connectivity index (χ1v) is 8.35. The molecule has 0 atom stereocenters. The molecule has 0 saturated heterocycles. The smallest absolute Gasteiger partial charge is 0.343 e. The number of rotatable bonds is 7. The van der Waals surface area contributed by atoms with Crippen LogP contribution in [0.25, 0.3) is 0 Å². The Morgan fingerprint density at radius 1 is 0.808 bits per heavy atom. The van der Waals surface area contributed by atoms with Gasteiger partial charge in [0.1, 0.15) is 30.3 Å². The monoisotopic (exact) mass is 348 g/mol. The number of aromatic carboxylic acids is 1. The Balaban J connectivity index is 1.84. The van der Waals surface area contributed by atoms with Crippen molar-refractivity contribution < 1.29 is 19.4 Å². The van der Waals surface area contributed by atoms with Crippen molar-refractivity contribution in [3.8, 4) is 11.5 Å². The van der Waals surface area contributed by atoms with Gasteiger partial charge in [-0.25, -0.2) is 4.79 Å². The maximum absolute atomic E-state index is 11.8. The molecule has 26 heavy (non-hydrogen) atoms. The number of carboxylic acids is 1. The van der Waals surface area contributed by atoms with Crippen LogP contribution in [0.5, 0.6) is 11.5 Å². The molecule has 3 rings (SSSR count). The van der Waals surface area contributed by atoms with Gasteiger partial charge in [0, 0.05) is 0 Å². The van der Waals surface area contributed by atoms with Gasteiger partial charge in [-0.1, -0.05) is 60.7 Å². The van der Waals surface area contributed by atoms with E-state index in [2.05, 4.69) is 0 Å². The van der Waals surface area contributed by atoms with Crippen molar-refractivity contribution in [3.63, 3.8) is 0 Å². The van der Waals surface area contributed by atoms with Crippen LogP contribution in [-0.4, -0.2) is 11.1 Å². The molecule has 3 aromatic rings. The van der Waals surface area contributed by atoms with Gasteiger partial charge in [0.15, 0.2) is 0 Å². The summed E-state index contributed by atoms with van der Waals surface area (Å²) in [6.45, 7) is 2.47. The Hall–Kier alpha value is -3.27. The van der Waals surface area contributed by atoms with Gasteiger partial charge in [-0.05, 0) is 35.7 Å². The lowest BCUT2D eigenvalue weighted by Crippen LogP contribution is -2.08. The van der Waals surface area contributed by atoms with Crippen LogP contribution < -0.4 is 9.47 Å². The summed E-state index contributed by atoms with van der Waals surface area (Å²) in [5, 5.41) is 9.67. The summed E-state index contributed by atoms with van der Waals surface area (Å²) in [6, 6.07) is 22.7. The van der Waals surface area contributed by atoms with E-state index in [1.165, 1.54) is 0 Å². The highest BCUT2D eigenvalue weighted by Crippen LogP contribution is 2.32. The summed E-state index contributed by atoms with van der Waals surface area (Å²) < 4.78 is 11.6. The molecule has 4 heteroatoms. The van der Waals surface area contributed by atoms with Gasteiger partial charge in [-0.3, -0.25) is 0 Å². The molecular formula is C22H20O4. The van der Waals surface area contributed by atoms with Crippen molar-refractivity contribution in [2.45, 2.75) is 20.1 Å². The van der Waals surface area contributed by atoms with Crippen LogP contribution in [0.1, 0.15) is 27.0 Å². The van der Waals surface area contributed by atoms with Gasteiger partial charge in [-0.2, -0.15) is 0 Å². The summed E-state index contributed by atoms with van der Waals surface area (Å²) >= 11 is 0. The van der Waals surface area contributed by atoms with Gasteiger partial charge in [0.05, 0.1) is 0 Å². The van der Waals surface area contributed by atoms with Crippen molar-refractivity contribution in [2.24, 2.45) is 0 Å². The third-order valence-corrected chi connectivity index (χ3v) is 3.90. The lowest BCUT2D eigenvalue weighted by atomic mass is 10.1. The van der Waals surface area contributed by atoms with E-state index in [-0.39, 0.29) is 5.56 Å². The van der Waals surface area contributed by atoms with Crippen molar-refractivity contribution in [2.75, 3.05) is 0 Å². The van der Waals surface area contributed by atoms with Crippen LogP contribution in [0.3, 0.4) is 0 Å². The molecule has 1 N–H and O–H groups in total. The molecule has 0 heterocycles. The largest absolute Gasteiger partial charge is 0.488 e. The molecule has 0 aromatic heterocycles. The molecule has 0 aliphatic carbocycles. The third-order valence-electron chi connectivity index (χ3n) is 3.90. The van der Waals surface area contributed by atoms with Crippen molar-refractivity contribution in [1.82, 2.24) is 0 Å². The quantitative estimate of drug-likeness (QED) is 0.663. The van der Waals surface area contributed by atoms with E-state index in [1.54, 1.807) is 12.1 Å². The third kappa shape index (κ3) is 4.42. The van der Waals surface area contributed by atoms with Crippen molar-refractivity contribution >= 4 is 5.97 Å². The normalized spacial score (nSPS) is 10.3. The highest BCUT2D eigenvalue weighted by atomic mass is 16.5. The minimum absolute atomic E-state index is 0.0439. The maximum atomic E-state index is 11.8. The molecule has 132 valence electrons. The Labute approximate surface area is 152 Å². The van der Waals surface area contributed by atoms with Crippen molar-refractivity contribution in [1.29, 1.82) is 0 Å². The summed E-state index contributed by atoms with van der Waals surface area (Å²) in [4.78, 5) is 11.8. The number of benzene rings is 3. The summed E-state index contributed by atoms with van der Waals surface area (Å²) in [5.41, 5.74) is 2.86. The highest BCUT2D eigenvalue weighted by Gasteiger charge is 2.19. The van der Waals surface area contributed by atoms with Gasteiger partial charge in [-0.15, -0.1) is 0 Å². The molecule has 0 bridgehead atoms. The molecule has 0 unspecified atom stereocenters. The second-order valence-corrected chi connectivity index (χ2v) is 5.99. The standard InChI is InChI=1S/C22H20O4/c1-16-12-19(25-14-17-8-4-2-5-9-17)21(22(23)24)20(13-16)26-15-18-10-6-3-7-11-18/h2-13H,14-15H2,1H3,(H,23,24). The zero-order valence-electron chi connectivity index (χ0n) is 14.5. The van der Waals surface area contributed by atoms with Crippen LogP contribution in [-0.2, 0) is 13.2 Å². The molecule has 0 aliphatic rings. The molecule has 0 radical (unpaired) electrons. The van der Waals surface area contributed by atoms with Crippen molar-refractivity contribution in [3.05, 3.63) is 95.1 Å². The van der Waals surface area contributed by atoms with E-state index < -0.39 is 5.97 Å². The fourth-order valence-corrected chi connectivity index (χ4v) is 2.63. The summed E-state index contributed by atoms with van der Waals surface area (Å²) in [6.07, 6.45) is 0. The highest BCUT2D eigenvalue weighted by molar-refractivity contribution is 5.94. The predicted molar refractivity (Wildman–Crippen MR) is 99.7 cm³/mol. The number of carboxylic acid groups (broad SMARTS) is 1. The van der Waals surface area contributed by atoms with Crippen LogP contribution in [0.15, 0.2) is 72.8 Å². The van der Waals surface area contributed by atoms with E-state index in [0.29, 0.717) is 24.7 Å². The molecule has 0 fully saturated rings. The first kappa shape index (κ1) is 17.5. The lowest BCUT2D eigenvalue weighted by molar-refractivity contribution is 0.0686. The Bertz CT molecular complexity index is 809. The fraction of sp³-hybridized carbons (Fsp3) is 0.136. The molecule has 0 amide bonds. The zero-order valence-corrected chi connectivity index (χ0v) is 14.5. The Morgan fingerprint density at radius 3 is 1.62 bits per heavy atom. The molecule has 4 nitrogen and oxygen atoms in total. The van der Waals surface area contributed by atoms with Crippen LogP contribution in [0.2, 0.25) is 0 Å². The van der Waals surface area contributed by atoms with E-state index in [4.69, 9.17) is 9.47 Å². The Morgan fingerprint density at radius 2 is 1.23 bits per heavy atom. The average Bonchev–Trinajstić information content (AvgIpc) is 2.65. The topological polar surface area (TPSA) is 55.8 Å². The van der Waals surface area contributed by atoms with Crippen LogP contribution >= 0.6 is 0 Å². The first-order chi connectivity index (χ1) is 12.6. The molecular weight excluding hydrogens is 328 g/mol. The first-order valence-electron chi connectivity index (χ1n) is 8.35. The van der Waals surface area contributed by atoms with Gasteiger partial charge in [0.25, 0.3) is 0 Å². The fourth-order valence-electron chi connectivity index (χ4n) is 2.63. The van der Waals surface area contributed by atoms with E-state index in [0.717, 1.165) is 16.7 Å². The average molecular weight is 348 g/mol. The summed E-state index contributed by atoms with van der Waals surface area (Å²) in [7, 11) is 0. The second-order valence-electron chi connectivity index (χ2n) is 5.99. The SMILES string of the molecule is Cc1cc(OCc2ccccc2)c(C(=O)O)c(OCc2ccccc2)c1. The van der Waals surface area contributed by atoms with Gasteiger partial charge < -0.3 is 14.6 Å². The van der Waals surface area contributed by atoms with Gasteiger partial charge in [0.2, 0.25) is 0 Å². The van der Waals surface area contributed by atoms with E-state index in [1.807, 2.05) is 67.6 Å². The number of hydrogen-bond acceptors (Lipinski definition) is 3. The van der Waals surface area contributed by atoms with Crippen LogP contribution in [0.4, 0.5) is 0 Å². The van der Waals surface area contributed by atoms with E-state index in [9.17, 15) is 9.90 Å². The number of hydrogen-bond donors (Lipinski definition) is 1. The van der Waals surface area contributed by atoms with Gasteiger partial charge >= 0.3 is 5.97 Å². The molecule has 3 aromatic carbocycles.